The number of ether oxygens (including phenoxy) is 1. The van der Waals surface area contributed by atoms with Gasteiger partial charge in [-0.15, -0.1) is 10.2 Å². The van der Waals surface area contributed by atoms with Gasteiger partial charge >= 0.3 is 0 Å². The fourth-order valence-corrected chi connectivity index (χ4v) is 4.84. The normalized spacial score (nSPS) is 19.7. The fourth-order valence-electron chi connectivity index (χ4n) is 3.83. The van der Waals surface area contributed by atoms with Gasteiger partial charge in [0.1, 0.15) is 0 Å². The number of aromatic nitrogens is 4. The number of morpholine rings is 1. The van der Waals surface area contributed by atoms with Crippen LogP contribution in [0.1, 0.15) is 38.1 Å². The first kappa shape index (κ1) is 17.9. The summed E-state index contributed by atoms with van der Waals surface area (Å²) in [5.74, 6) is 2.04. The molecule has 140 valence electrons. The molecule has 3 heterocycles. The van der Waals surface area contributed by atoms with Crippen LogP contribution < -0.4 is 0 Å². The van der Waals surface area contributed by atoms with Gasteiger partial charge in [0, 0.05) is 49.4 Å². The Balaban J connectivity index is 1.50. The first-order chi connectivity index (χ1) is 12.9. The zero-order valence-electron chi connectivity index (χ0n) is 15.2. The molecule has 1 aliphatic carbocycles. The highest BCUT2D eigenvalue weighted by Crippen LogP contribution is 2.35. The van der Waals surface area contributed by atoms with Crippen molar-refractivity contribution in [2.45, 2.75) is 43.3 Å². The summed E-state index contributed by atoms with van der Waals surface area (Å²) in [5, 5.41) is 10.2. The highest BCUT2D eigenvalue weighted by molar-refractivity contribution is 7.99. The van der Waals surface area contributed by atoms with Crippen LogP contribution in [-0.2, 0) is 4.74 Å². The van der Waals surface area contributed by atoms with Crippen LogP contribution in [0, 0.1) is 0 Å². The molecule has 0 spiro atoms. The van der Waals surface area contributed by atoms with E-state index < -0.39 is 0 Å². The number of thioether (sulfide) groups is 1. The van der Waals surface area contributed by atoms with E-state index in [1.807, 2.05) is 36.3 Å². The molecule has 0 bridgehead atoms. The summed E-state index contributed by atoms with van der Waals surface area (Å²) >= 11 is 1.84. The maximum Gasteiger partial charge on any atom is 0.191 e. The lowest BCUT2D eigenvalue weighted by atomic mass is 9.95. The summed E-state index contributed by atoms with van der Waals surface area (Å²) in [6.45, 7) is 4.87. The third-order valence-electron chi connectivity index (χ3n) is 5.29. The molecular weight excluding hydrogens is 346 g/mol. The van der Waals surface area contributed by atoms with Gasteiger partial charge in [0.15, 0.2) is 11.0 Å². The monoisotopic (exact) mass is 373 g/mol. The van der Waals surface area contributed by atoms with Crippen LogP contribution in [0.5, 0.6) is 0 Å². The van der Waals surface area contributed by atoms with Gasteiger partial charge in [0.2, 0.25) is 0 Å². The Morgan fingerprint density at radius 3 is 2.58 bits per heavy atom. The molecule has 2 aromatic rings. The van der Waals surface area contributed by atoms with Gasteiger partial charge in [-0.3, -0.25) is 14.5 Å². The standard InChI is InChI=1S/C19H27N5OS/c1-2-4-17(5-3-1)24-18(16-6-8-20-9-7-16)21-22-19(24)26-15-12-23-10-13-25-14-11-23/h6-9,17H,1-5,10-15H2. The SMILES string of the molecule is c1cc(-c2nnc(SCCN3CCOCC3)n2C2CCCCC2)ccn1. The number of hydrogen-bond acceptors (Lipinski definition) is 6. The first-order valence-corrected chi connectivity index (χ1v) is 10.7. The number of nitrogens with zero attached hydrogens (tertiary/aromatic N) is 5. The molecule has 2 aliphatic rings. The van der Waals surface area contributed by atoms with Crippen LogP contribution in [0.3, 0.4) is 0 Å². The molecule has 1 saturated heterocycles. The maximum absolute atomic E-state index is 5.44. The van der Waals surface area contributed by atoms with Crippen LogP contribution in [0.4, 0.5) is 0 Å². The third kappa shape index (κ3) is 4.27. The van der Waals surface area contributed by atoms with Crippen LogP contribution in [0.2, 0.25) is 0 Å². The van der Waals surface area contributed by atoms with Gasteiger partial charge in [-0.2, -0.15) is 0 Å². The summed E-state index contributed by atoms with van der Waals surface area (Å²) in [4.78, 5) is 6.62. The minimum atomic E-state index is 0.521. The van der Waals surface area contributed by atoms with Crippen molar-refractivity contribution in [2.24, 2.45) is 0 Å². The molecule has 0 N–H and O–H groups in total. The largest absolute Gasteiger partial charge is 0.379 e. The molecule has 4 rings (SSSR count). The van der Waals surface area contributed by atoms with Gasteiger partial charge in [-0.1, -0.05) is 31.0 Å². The highest BCUT2D eigenvalue weighted by atomic mass is 32.2. The fraction of sp³-hybridized carbons (Fsp3) is 0.632. The molecule has 26 heavy (non-hydrogen) atoms. The van der Waals surface area contributed by atoms with Crippen LogP contribution >= 0.6 is 11.8 Å². The van der Waals surface area contributed by atoms with Gasteiger partial charge in [-0.25, -0.2) is 0 Å². The number of rotatable bonds is 6. The average molecular weight is 374 g/mol. The van der Waals surface area contributed by atoms with Crippen molar-refractivity contribution in [1.82, 2.24) is 24.6 Å². The van der Waals surface area contributed by atoms with E-state index >= 15 is 0 Å². The van der Waals surface area contributed by atoms with E-state index in [1.165, 1.54) is 32.1 Å². The van der Waals surface area contributed by atoms with Crippen molar-refractivity contribution in [3.05, 3.63) is 24.5 Å². The highest BCUT2D eigenvalue weighted by Gasteiger charge is 2.24. The average Bonchev–Trinajstić information content (AvgIpc) is 3.14. The van der Waals surface area contributed by atoms with Crippen LogP contribution in [-0.4, -0.2) is 63.2 Å². The molecule has 0 atom stereocenters. The van der Waals surface area contributed by atoms with Gasteiger partial charge in [-0.05, 0) is 25.0 Å². The Bertz CT molecular complexity index is 680. The maximum atomic E-state index is 5.44. The van der Waals surface area contributed by atoms with E-state index in [0.717, 1.165) is 55.1 Å². The molecule has 2 aromatic heterocycles. The van der Waals surface area contributed by atoms with Crippen molar-refractivity contribution >= 4 is 11.8 Å². The lowest BCUT2D eigenvalue weighted by Crippen LogP contribution is -2.37. The molecular formula is C19H27N5OS. The van der Waals surface area contributed by atoms with Crippen molar-refractivity contribution in [3.63, 3.8) is 0 Å². The van der Waals surface area contributed by atoms with E-state index in [1.54, 1.807) is 0 Å². The second-order valence-electron chi connectivity index (χ2n) is 7.01. The molecule has 6 nitrogen and oxygen atoms in total. The molecule has 0 amide bonds. The summed E-state index contributed by atoms with van der Waals surface area (Å²) in [6, 6.07) is 4.59. The second kappa shape index (κ2) is 8.97. The molecule has 1 saturated carbocycles. The van der Waals surface area contributed by atoms with E-state index in [9.17, 15) is 0 Å². The van der Waals surface area contributed by atoms with Crippen molar-refractivity contribution in [3.8, 4) is 11.4 Å². The Morgan fingerprint density at radius 1 is 1.04 bits per heavy atom. The van der Waals surface area contributed by atoms with Crippen molar-refractivity contribution in [2.75, 3.05) is 38.6 Å². The minimum Gasteiger partial charge on any atom is -0.379 e. The second-order valence-corrected chi connectivity index (χ2v) is 8.07. The number of hydrogen-bond donors (Lipinski definition) is 0. The summed E-state index contributed by atoms with van der Waals surface area (Å²) in [7, 11) is 0. The quantitative estimate of drug-likeness (QED) is 0.725. The lowest BCUT2D eigenvalue weighted by molar-refractivity contribution is 0.0410. The molecule has 1 aliphatic heterocycles. The van der Waals surface area contributed by atoms with E-state index in [0.29, 0.717) is 6.04 Å². The summed E-state index contributed by atoms with van der Waals surface area (Å²) in [6.07, 6.45) is 10.1. The first-order valence-electron chi connectivity index (χ1n) is 9.70. The van der Waals surface area contributed by atoms with Crippen LogP contribution in [0.25, 0.3) is 11.4 Å². The summed E-state index contributed by atoms with van der Waals surface area (Å²) < 4.78 is 7.84. The van der Waals surface area contributed by atoms with E-state index in [2.05, 4.69) is 24.6 Å². The summed E-state index contributed by atoms with van der Waals surface area (Å²) in [5.41, 5.74) is 1.11. The molecule has 2 fully saturated rings. The number of pyridine rings is 1. The topological polar surface area (TPSA) is 56.1 Å². The molecule has 7 heteroatoms. The Kier molecular flexibility index (Phi) is 6.19. The Hall–Kier alpha value is -1.44. The zero-order chi connectivity index (χ0) is 17.6. The predicted octanol–water partition coefficient (Wildman–Crippen LogP) is 3.27. The van der Waals surface area contributed by atoms with Gasteiger partial charge in [0.25, 0.3) is 0 Å². The predicted molar refractivity (Wildman–Crippen MR) is 103 cm³/mol. The minimum absolute atomic E-state index is 0.521. The third-order valence-corrected chi connectivity index (χ3v) is 6.21. The van der Waals surface area contributed by atoms with Gasteiger partial charge in [0.05, 0.1) is 13.2 Å². The Morgan fingerprint density at radius 2 is 1.81 bits per heavy atom. The zero-order valence-corrected chi connectivity index (χ0v) is 16.0. The molecule has 0 radical (unpaired) electrons. The molecule has 0 aromatic carbocycles. The van der Waals surface area contributed by atoms with Crippen molar-refractivity contribution in [1.29, 1.82) is 0 Å². The van der Waals surface area contributed by atoms with E-state index in [4.69, 9.17) is 4.74 Å². The van der Waals surface area contributed by atoms with Crippen molar-refractivity contribution < 1.29 is 4.74 Å². The van der Waals surface area contributed by atoms with Gasteiger partial charge < -0.3 is 4.74 Å². The van der Waals surface area contributed by atoms with E-state index in [-0.39, 0.29) is 0 Å². The van der Waals surface area contributed by atoms with Crippen LogP contribution in [0.15, 0.2) is 29.7 Å². The smallest absolute Gasteiger partial charge is 0.191 e. The molecule has 0 unspecified atom stereocenters. The lowest BCUT2D eigenvalue weighted by Gasteiger charge is -2.27. The Labute approximate surface area is 159 Å².